The fourth-order valence-electron chi connectivity index (χ4n) is 1.52. The lowest BCUT2D eigenvalue weighted by Crippen LogP contribution is -2.45. The first-order chi connectivity index (χ1) is 9.46. The predicted molar refractivity (Wildman–Crippen MR) is 85.4 cm³/mol. The van der Waals surface area contributed by atoms with E-state index in [4.69, 9.17) is 16.3 Å². The van der Waals surface area contributed by atoms with Gasteiger partial charge in [-0.1, -0.05) is 23.7 Å². The van der Waals surface area contributed by atoms with Crippen LogP contribution in [0.15, 0.2) is 29.3 Å². The number of nitrogens with zero attached hydrogens (tertiary/aromatic N) is 1. The van der Waals surface area contributed by atoms with Crippen LogP contribution >= 0.6 is 11.6 Å². The van der Waals surface area contributed by atoms with Crippen LogP contribution in [0.4, 0.5) is 0 Å². The van der Waals surface area contributed by atoms with Crippen LogP contribution in [0.1, 0.15) is 26.3 Å². The fourth-order valence-corrected chi connectivity index (χ4v) is 1.73. The molecule has 0 aliphatic carbocycles. The third-order valence-corrected chi connectivity index (χ3v) is 3.12. The molecule has 0 spiro atoms. The molecule has 112 valence electrons. The number of halogens is 1. The molecule has 0 aromatic heterocycles. The van der Waals surface area contributed by atoms with E-state index >= 15 is 0 Å². The Morgan fingerprint density at radius 3 is 2.70 bits per heavy atom. The molecule has 5 heteroatoms. The molecule has 1 aromatic carbocycles. The van der Waals surface area contributed by atoms with Crippen molar-refractivity contribution in [3.8, 4) is 0 Å². The van der Waals surface area contributed by atoms with Gasteiger partial charge in [0.05, 0.1) is 12.1 Å². The fraction of sp³-hybridized carbons (Fsp3) is 0.533. The van der Waals surface area contributed by atoms with Crippen molar-refractivity contribution in [2.45, 2.75) is 32.9 Å². The van der Waals surface area contributed by atoms with E-state index in [1.165, 1.54) is 0 Å². The van der Waals surface area contributed by atoms with Gasteiger partial charge in [-0.3, -0.25) is 0 Å². The smallest absolute Gasteiger partial charge is 0.191 e. The van der Waals surface area contributed by atoms with E-state index in [0.717, 1.165) is 23.1 Å². The maximum atomic E-state index is 5.96. The third-order valence-electron chi connectivity index (χ3n) is 2.89. The highest BCUT2D eigenvalue weighted by molar-refractivity contribution is 6.30. The summed E-state index contributed by atoms with van der Waals surface area (Å²) in [6.07, 6.45) is 0. The number of rotatable bonds is 6. The largest absolute Gasteiger partial charge is 0.377 e. The van der Waals surface area contributed by atoms with Crippen LogP contribution in [0.3, 0.4) is 0 Å². The average molecular weight is 298 g/mol. The number of hydrogen-bond donors (Lipinski definition) is 2. The maximum Gasteiger partial charge on any atom is 0.191 e. The molecule has 1 aromatic rings. The van der Waals surface area contributed by atoms with Gasteiger partial charge < -0.3 is 15.4 Å². The molecule has 2 N–H and O–H groups in total. The number of hydrogen-bond acceptors (Lipinski definition) is 2. The van der Waals surface area contributed by atoms with E-state index in [1.807, 2.05) is 45.0 Å². The lowest BCUT2D eigenvalue weighted by Gasteiger charge is -2.24. The van der Waals surface area contributed by atoms with Crippen molar-refractivity contribution < 1.29 is 4.74 Å². The molecular weight excluding hydrogens is 274 g/mol. The number of ether oxygens (including phenoxy) is 1. The number of aliphatic imine (C=N–C) groups is 1. The van der Waals surface area contributed by atoms with Crippen molar-refractivity contribution in [1.29, 1.82) is 0 Å². The second-order valence-corrected chi connectivity index (χ2v) is 5.58. The van der Waals surface area contributed by atoms with Gasteiger partial charge >= 0.3 is 0 Å². The highest BCUT2D eigenvalue weighted by atomic mass is 35.5. The number of nitrogens with one attached hydrogen (secondary N) is 2. The molecule has 0 radical (unpaired) electrons. The number of guanidine groups is 1. The zero-order valence-electron chi connectivity index (χ0n) is 12.7. The van der Waals surface area contributed by atoms with Gasteiger partial charge in [0.15, 0.2) is 5.96 Å². The molecule has 0 unspecified atom stereocenters. The first-order valence-electron chi connectivity index (χ1n) is 6.78. The Bertz CT molecular complexity index is 446. The van der Waals surface area contributed by atoms with Gasteiger partial charge in [-0.25, -0.2) is 4.99 Å². The number of benzene rings is 1. The summed E-state index contributed by atoms with van der Waals surface area (Å²) < 4.78 is 5.38. The van der Waals surface area contributed by atoms with Gasteiger partial charge in [-0.2, -0.15) is 0 Å². The van der Waals surface area contributed by atoms with E-state index in [1.54, 1.807) is 7.11 Å². The maximum absolute atomic E-state index is 5.96. The average Bonchev–Trinajstić information content (AvgIpc) is 2.42. The first kappa shape index (κ1) is 16.8. The lowest BCUT2D eigenvalue weighted by molar-refractivity contribution is 0.0268. The summed E-state index contributed by atoms with van der Waals surface area (Å²) in [4.78, 5) is 4.54. The summed E-state index contributed by atoms with van der Waals surface area (Å²) in [6.45, 7) is 8.18. The van der Waals surface area contributed by atoms with Crippen LogP contribution in [-0.4, -0.2) is 31.8 Å². The van der Waals surface area contributed by atoms with Crippen LogP contribution in [0.5, 0.6) is 0 Å². The highest BCUT2D eigenvalue weighted by Gasteiger charge is 2.16. The van der Waals surface area contributed by atoms with Gasteiger partial charge in [0, 0.05) is 25.2 Å². The predicted octanol–water partition coefficient (Wildman–Crippen LogP) is 2.82. The summed E-state index contributed by atoms with van der Waals surface area (Å²) in [5.74, 6) is 0.776. The van der Waals surface area contributed by atoms with Crippen molar-refractivity contribution in [2.75, 3.05) is 20.2 Å². The van der Waals surface area contributed by atoms with Gasteiger partial charge in [-0.05, 0) is 38.5 Å². The molecule has 0 saturated heterocycles. The van der Waals surface area contributed by atoms with Crippen LogP contribution in [0, 0.1) is 0 Å². The van der Waals surface area contributed by atoms with Gasteiger partial charge in [0.25, 0.3) is 0 Å². The molecule has 0 saturated carbocycles. The zero-order chi connectivity index (χ0) is 15.0. The van der Waals surface area contributed by atoms with Crippen molar-refractivity contribution in [1.82, 2.24) is 10.6 Å². The van der Waals surface area contributed by atoms with Crippen molar-refractivity contribution in [3.63, 3.8) is 0 Å². The Balaban J connectivity index is 2.63. The van der Waals surface area contributed by atoms with Crippen molar-refractivity contribution >= 4 is 17.6 Å². The second-order valence-electron chi connectivity index (χ2n) is 5.14. The molecule has 0 fully saturated rings. The Hall–Kier alpha value is -1.26. The van der Waals surface area contributed by atoms with Gasteiger partial charge in [0.2, 0.25) is 0 Å². The summed E-state index contributed by atoms with van der Waals surface area (Å²) in [5.41, 5.74) is 0.854. The van der Waals surface area contributed by atoms with Crippen LogP contribution < -0.4 is 10.6 Å². The normalized spacial score (nSPS) is 12.3. The SMILES string of the molecule is CCNC(=NCc1cccc(Cl)c1)NCC(C)(C)OC. The standard InChI is InChI=1S/C15H24ClN3O/c1-5-17-14(19-11-15(2,3)20-4)18-10-12-7-6-8-13(16)9-12/h6-9H,5,10-11H2,1-4H3,(H2,17,18,19). The minimum atomic E-state index is -0.230. The molecule has 20 heavy (non-hydrogen) atoms. The van der Waals surface area contributed by atoms with E-state index in [9.17, 15) is 0 Å². The van der Waals surface area contributed by atoms with Crippen molar-refractivity contribution in [3.05, 3.63) is 34.9 Å². The van der Waals surface area contributed by atoms with Crippen molar-refractivity contribution in [2.24, 2.45) is 4.99 Å². The Labute approximate surface area is 126 Å². The summed E-state index contributed by atoms with van der Waals surface area (Å²) in [6, 6.07) is 7.73. The van der Waals surface area contributed by atoms with Crippen LogP contribution in [0.2, 0.25) is 5.02 Å². The van der Waals surface area contributed by atoms with E-state index in [2.05, 4.69) is 15.6 Å². The molecule has 0 heterocycles. The Kier molecular flexibility index (Phi) is 6.82. The molecule has 0 bridgehead atoms. The highest BCUT2D eigenvalue weighted by Crippen LogP contribution is 2.11. The topological polar surface area (TPSA) is 45.7 Å². The number of methoxy groups -OCH3 is 1. The summed E-state index contributed by atoms with van der Waals surface area (Å²) in [5, 5.41) is 7.22. The molecule has 0 amide bonds. The van der Waals surface area contributed by atoms with E-state index in [-0.39, 0.29) is 5.60 Å². The molecule has 1 rings (SSSR count). The molecule has 0 atom stereocenters. The first-order valence-corrected chi connectivity index (χ1v) is 7.16. The van der Waals surface area contributed by atoms with E-state index < -0.39 is 0 Å². The third kappa shape index (κ3) is 6.26. The summed E-state index contributed by atoms with van der Waals surface area (Å²) in [7, 11) is 1.71. The van der Waals surface area contributed by atoms with Crippen LogP contribution in [0.25, 0.3) is 0 Å². The molecule has 4 nitrogen and oxygen atoms in total. The molecular formula is C15H24ClN3O. The van der Waals surface area contributed by atoms with Gasteiger partial charge in [0.1, 0.15) is 0 Å². The monoisotopic (exact) mass is 297 g/mol. The molecule has 0 aliphatic heterocycles. The Morgan fingerprint density at radius 2 is 2.10 bits per heavy atom. The minimum absolute atomic E-state index is 0.230. The Morgan fingerprint density at radius 1 is 1.35 bits per heavy atom. The molecule has 0 aliphatic rings. The van der Waals surface area contributed by atoms with E-state index in [0.29, 0.717) is 13.1 Å². The summed E-state index contributed by atoms with van der Waals surface area (Å²) >= 11 is 5.96. The second kappa shape index (κ2) is 8.12. The quantitative estimate of drug-likeness (QED) is 0.627. The zero-order valence-corrected chi connectivity index (χ0v) is 13.4. The minimum Gasteiger partial charge on any atom is -0.377 e. The van der Waals surface area contributed by atoms with Gasteiger partial charge in [-0.15, -0.1) is 0 Å². The lowest BCUT2D eigenvalue weighted by atomic mass is 10.1. The van der Waals surface area contributed by atoms with Crippen LogP contribution in [-0.2, 0) is 11.3 Å².